The number of nitrogens with zero attached hydrogens (tertiary/aromatic N) is 1. The van der Waals surface area contributed by atoms with Gasteiger partial charge in [-0.15, -0.1) is 0 Å². The van der Waals surface area contributed by atoms with Crippen molar-refractivity contribution in [3.8, 4) is 16.9 Å². The number of aliphatic imine (C=N–C) groups is 1. The Labute approximate surface area is 201 Å². The van der Waals surface area contributed by atoms with Crippen LogP contribution in [0.5, 0.6) is 5.75 Å². The summed E-state index contributed by atoms with van der Waals surface area (Å²) in [7, 11) is 9.78. The Kier molecular flexibility index (Phi) is 7.90. The summed E-state index contributed by atoms with van der Waals surface area (Å²) in [6, 6.07) is 24.6. The summed E-state index contributed by atoms with van der Waals surface area (Å²) in [5.74, 6) is 2.46. The number of halogens is 2. The summed E-state index contributed by atoms with van der Waals surface area (Å²) < 4.78 is 0. The molecule has 0 heterocycles. The number of fused-ring (bicyclic) bond motifs is 2. The maximum atomic E-state index is 11.1. The van der Waals surface area contributed by atoms with Crippen LogP contribution < -0.4 is 0 Å². The van der Waals surface area contributed by atoms with E-state index in [0.717, 1.165) is 34.2 Å². The van der Waals surface area contributed by atoms with E-state index in [9.17, 15) is 5.11 Å². The van der Waals surface area contributed by atoms with Crippen molar-refractivity contribution in [2.24, 2.45) is 16.8 Å². The van der Waals surface area contributed by atoms with Crippen molar-refractivity contribution >= 4 is 30.5 Å². The molecule has 0 radical (unpaired) electrons. The second-order valence-corrected chi connectivity index (χ2v) is 10.9. The second kappa shape index (κ2) is 10.8. The zero-order valence-corrected chi connectivity index (χ0v) is 20.3. The normalized spacial score (nSPS) is 21.7. The first-order valence-electron chi connectivity index (χ1n) is 10.7. The Balaban J connectivity index is 0.000000730. The topological polar surface area (TPSA) is 32.6 Å². The van der Waals surface area contributed by atoms with Crippen molar-refractivity contribution in [2.75, 3.05) is 0 Å². The van der Waals surface area contributed by atoms with Gasteiger partial charge in [0.1, 0.15) is 5.75 Å². The van der Waals surface area contributed by atoms with Crippen LogP contribution in [0.1, 0.15) is 42.7 Å². The monoisotopic (exact) mass is 485 g/mol. The molecule has 5 heteroatoms. The summed E-state index contributed by atoms with van der Waals surface area (Å²) >= 11 is -0.556. The van der Waals surface area contributed by atoms with Crippen LogP contribution in [0.3, 0.4) is 0 Å². The Hall–Kier alpha value is -1.58. The molecule has 2 aliphatic carbocycles. The van der Waals surface area contributed by atoms with Gasteiger partial charge in [0.05, 0.1) is 5.69 Å². The van der Waals surface area contributed by atoms with E-state index in [4.69, 9.17) is 18.6 Å². The van der Waals surface area contributed by atoms with Crippen molar-refractivity contribution < 1.29 is 22.1 Å². The van der Waals surface area contributed by atoms with Crippen molar-refractivity contribution in [1.82, 2.24) is 0 Å². The number of hydrogen-bond acceptors (Lipinski definition) is 2. The fraction of sp³-hybridized carbons (Fsp3) is 0.269. The quantitative estimate of drug-likeness (QED) is 0.294. The summed E-state index contributed by atoms with van der Waals surface area (Å²) in [5, 5.41) is 11.1. The van der Waals surface area contributed by atoms with Gasteiger partial charge in [-0.1, -0.05) is 55.0 Å². The number of rotatable bonds is 4. The van der Waals surface area contributed by atoms with E-state index in [2.05, 4.69) is 41.4 Å². The molecular weight excluding hydrogens is 461 g/mol. The summed E-state index contributed by atoms with van der Waals surface area (Å²) in [6.45, 7) is 0. The van der Waals surface area contributed by atoms with Crippen LogP contribution in [0.4, 0.5) is 5.69 Å². The first kappa shape index (κ1) is 22.6. The molecule has 2 bridgehead atoms. The second-order valence-electron chi connectivity index (χ2n) is 8.32. The van der Waals surface area contributed by atoms with Gasteiger partial charge in [0.2, 0.25) is 0 Å². The molecule has 3 aromatic rings. The van der Waals surface area contributed by atoms with Crippen molar-refractivity contribution in [3.05, 3.63) is 83.9 Å². The Morgan fingerprint density at radius 1 is 0.871 bits per heavy atom. The van der Waals surface area contributed by atoms with Crippen LogP contribution in [0, 0.1) is 11.8 Å². The van der Waals surface area contributed by atoms with Gasteiger partial charge in [0, 0.05) is 11.8 Å². The van der Waals surface area contributed by atoms with Gasteiger partial charge in [0.25, 0.3) is 0 Å². The van der Waals surface area contributed by atoms with E-state index in [-0.39, 0.29) is 0 Å². The molecule has 3 atom stereocenters. The predicted octanol–water partition coefficient (Wildman–Crippen LogP) is 8.09. The van der Waals surface area contributed by atoms with Crippen LogP contribution in [0.2, 0.25) is 0 Å². The first-order valence-corrected chi connectivity index (χ1v) is 15.0. The Morgan fingerprint density at radius 3 is 2.16 bits per heavy atom. The number of aromatic hydroxyl groups is 1. The van der Waals surface area contributed by atoms with Gasteiger partial charge in [-0.25, -0.2) is 0 Å². The molecule has 3 aromatic carbocycles. The molecule has 0 aromatic heterocycles. The minimum absolute atomic E-state index is 0.414. The van der Waals surface area contributed by atoms with Crippen LogP contribution in [-0.4, -0.2) is 11.3 Å². The number of hydrogen-bond donors (Lipinski definition) is 1. The number of phenols is 1. The third kappa shape index (κ3) is 5.44. The Morgan fingerprint density at radius 2 is 1.55 bits per heavy atom. The van der Waals surface area contributed by atoms with Crippen molar-refractivity contribution in [3.63, 3.8) is 0 Å². The molecule has 2 aliphatic rings. The van der Waals surface area contributed by atoms with Crippen LogP contribution in [-0.2, 0) is 17.0 Å². The zero-order valence-electron chi connectivity index (χ0n) is 17.2. The minimum atomic E-state index is -0.556. The van der Waals surface area contributed by atoms with E-state index < -0.39 is 17.0 Å². The molecule has 2 saturated carbocycles. The molecule has 0 spiro atoms. The maximum absolute atomic E-state index is 11.1. The Bertz CT molecular complexity index is 1030. The summed E-state index contributed by atoms with van der Waals surface area (Å²) in [4.78, 5) is 4.60. The van der Waals surface area contributed by atoms with Gasteiger partial charge in [-0.05, 0) is 78.0 Å². The van der Waals surface area contributed by atoms with Gasteiger partial charge < -0.3 is 5.11 Å². The van der Waals surface area contributed by atoms with Crippen molar-refractivity contribution in [2.45, 2.75) is 31.6 Å². The molecule has 31 heavy (non-hydrogen) atoms. The number of benzene rings is 3. The molecule has 3 unspecified atom stereocenters. The van der Waals surface area contributed by atoms with Gasteiger partial charge in [-0.2, -0.15) is 0 Å². The van der Waals surface area contributed by atoms with E-state index >= 15 is 0 Å². The summed E-state index contributed by atoms with van der Waals surface area (Å²) in [6.07, 6.45) is 7.02. The van der Waals surface area contributed by atoms with Gasteiger partial charge in [0.15, 0.2) is 0 Å². The number of para-hydroxylation sites is 1. The molecule has 0 aliphatic heterocycles. The molecule has 5 rings (SSSR count). The van der Waals surface area contributed by atoms with Crippen molar-refractivity contribution in [1.29, 1.82) is 0 Å². The fourth-order valence-electron chi connectivity index (χ4n) is 5.14. The predicted molar refractivity (Wildman–Crippen MR) is 127 cm³/mol. The third-order valence-corrected chi connectivity index (χ3v) is 6.52. The zero-order chi connectivity index (χ0) is 21.6. The number of phenolic OH excluding ortho intramolecular Hbond substituents is 1. The fourth-order valence-corrected chi connectivity index (χ4v) is 5.14. The van der Waals surface area contributed by atoms with E-state index in [1.807, 2.05) is 42.6 Å². The summed E-state index contributed by atoms with van der Waals surface area (Å²) in [5.41, 5.74) is 5.16. The molecular formula is C26H25Cl2NOTi. The molecule has 0 amide bonds. The van der Waals surface area contributed by atoms with Crippen LogP contribution in [0.25, 0.3) is 11.1 Å². The molecule has 0 saturated heterocycles. The van der Waals surface area contributed by atoms with E-state index in [1.54, 1.807) is 0 Å². The molecule has 1 N–H and O–H groups in total. The van der Waals surface area contributed by atoms with E-state index in [1.165, 1.54) is 31.2 Å². The third-order valence-electron chi connectivity index (χ3n) is 6.52. The van der Waals surface area contributed by atoms with Crippen LogP contribution >= 0.6 is 18.6 Å². The molecule has 2 nitrogen and oxygen atoms in total. The van der Waals surface area contributed by atoms with Gasteiger partial charge in [-0.3, -0.25) is 4.99 Å². The molecule has 158 valence electrons. The van der Waals surface area contributed by atoms with Gasteiger partial charge >= 0.3 is 35.6 Å². The molecule has 2 fully saturated rings. The van der Waals surface area contributed by atoms with E-state index in [0.29, 0.717) is 11.7 Å². The SMILES string of the molecule is Oc1c(C=Nc2ccccc2)cc(-c2ccccc2)cc1C1CC2CCC1C2.[Cl][Ti][Cl]. The average molecular weight is 486 g/mol. The standard InChI is InChI=1S/C26H25NO.2ClH.Ti/c28-26-22(17-27-23-9-5-2-6-10-23)15-21(19-7-3-1-4-8-19)16-25(26)24-14-18-11-12-20(24)13-18;;;/h1-10,15-18,20,24,28H,11-14H2;2*1H;/q;;;+2/p-2. The average Bonchev–Trinajstić information content (AvgIpc) is 3.44. The first-order chi connectivity index (χ1) is 15.2. The van der Waals surface area contributed by atoms with Crippen LogP contribution in [0.15, 0.2) is 77.8 Å².